The third kappa shape index (κ3) is 4.96. The molecule has 0 aliphatic carbocycles. The Bertz CT molecular complexity index is 998. The normalized spacial score (nSPS) is 21.2. The number of likely N-dealkylation sites (N-methyl/N-ethyl adjacent to an activating group) is 1. The summed E-state index contributed by atoms with van der Waals surface area (Å²) in [4.78, 5) is 19.5. The molecule has 0 saturated carbocycles. The summed E-state index contributed by atoms with van der Waals surface area (Å²) >= 11 is 1.86. The van der Waals surface area contributed by atoms with Crippen LogP contribution in [0.3, 0.4) is 0 Å². The fourth-order valence-corrected chi connectivity index (χ4v) is 6.08. The number of aromatic nitrogens is 2. The topological polar surface area (TPSA) is 47.5 Å². The molecule has 1 unspecified atom stereocenters. The number of piperazine rings is 1. The van der Waals surface area contributed by atoms with Crippen molar-refractivity contribution in [3.8, 4) is 0 Å². The van der Waals surface area contributed by atoms with Crippen LogP contribution in [0, 0.1) is 0 Å². The van der Waals surface area contributed by atoms with E-state index in [9.17, 15) is 0 Å². The fraction of sp³-hybridized carbons (Fsp3) is 0.520. The molecule has 170 valence electrons. The van der Waals surface area contributed by atoms with E-state index in [4.69, 9.17) is 4.98 Å². The molecule has 7 heteroatoms. The summed E-state index contributed by atoms with van der Waals surface area (Å²) in [5, 5.41) is 4.73. The summed E-state index contributed by atoms with van der Waals surface area (Å²) in [5.74, 6) is 1.11. The van der Waals surface area contributed by atoms with Gasteiger partial charge in [-0.1, -0.05) is 30.3 Å². The predicted octanol–water partition coefficient (Wildman–Crippen LogP) is 3.41. The van der Waals surface area contributed by atoms with E-state index in [1.807, 2.05) is 11.3 Å². The highest BCUT2D eigenvalue weighted by atomic mass is 32.1. The molecule has 0 amide bonds. The zero-order chi connectivity index (χ0) is 21.8. The van der Waals surface area contributed by atoms with Gasteiger partial charge in [-0.2, -0.15) is 0 Å². The monoisotopic (exact) mass is 450 g/mol. The van der Waals surface area contributed by atoms with Crippen LogP contribution in [0.2, 0.25) is 0 Å². The second-order valence-electron chi connectivity index (χ2n) is 9.06. The average Bonchev–Trinajstić information content (AvgIpc) is 3.07. The molecule has 6 nitrogen and oxygen atoms in total. The molecule has 0 spiro atoms. The average molecular weight is 451 g/mol. The molecule has 2 saturated heterocycles. The maximum absolute atomic E-state index is 4.72. The van der Waals surface area contributed by atoms with E-state index in [1.54, 1.807) is 6.33 Å². The summed E-state index contributed by atoms with van der Waals surface area (Å²) < 4.78 is 0. The second kappa shape index (κ2) is 10.3. The van der Waals surface area contributed by atoms with Gasteiger partial charge in [0.05, 0.1) is 11.4 Å². The number of fused-ring (bicyclic) bond motifs is 1. The molecular formula is C25H34N6S. The van der Waals surface area contributed by atoms with E-state index in [2.05, 4.69) is 68.4 Å². The molecule has 2 aliphatic rings. The lowest BCUT2D eigenvalue weighted by Gasteiger charge is -2.39. The van der Waals surface area contributed by atoms with E-state index >= 15 is 0 Å². The Morgan fingerprint density at radius 3 is 2.88 bits per heavy atom. The van der Waals surface area contributed by atoms with Crippen LogP contribution in [0.1, 0.15) is 29.3 Å². The zero-order valence-electron chi connectivity index (χ0n) is 19.0. The van der Waals surface area contributed by atoms with Crippen molar-refractivity contribution in [1.82, 2.24) is 25.1 Å². The van der Waals surface area contributed by atoms with Crippen molar-refractivity contribution in [2.75, 3.05) is 64.3 Å². The molecule has 1 atom stereocenters. The Kier molecular flexibility index (Phi) is 6.97. The number of nitrogens with one attached hydrogen (secondary N) is 1. The van der Waals surface area contributed by atoms with E-state index in [0.717, 1.165) is 75.8 Å². The SMILES string of the molecule is CN1CCN(CCCc2ccccc2)C(c2cc3c(N4CCCNCC4)ncnc3s2)C1. The Morgan fingerprint density at radius 1 is 1.06 bits per heavy atom. The van der Waals surface area contributed by atoms with E-state index < -0.39 is 0 Å². The highest BCUT2D eigenvalue weighted by Gasteiger charge is 2.28. The molecule has 1 N–H and O–H groups in total. The lowest BCUT2D eigenvalue weighted by molar-refractivity contribution is 0.0909. The molecule has 4 heterocycles. The molecule has 1 aromatic carbocycles. The van der Waals surface area contributed by atoms with Gasteiger partial charge in [0.15, 0.2) is 0 Å². The van der Waals surface area contributed by atoms with Gasteiger partial charge in [0.1, 0.15) is 17.0 Å². The van der Waals surface area contributed by atoms with Crippen molar-refractivity contribution in [2.24, 2.45) is 0 Å². The van der Waals surface area contributed by atoms with Crippen molar-refractivity contribution >= 4 is 27.4 Å². The van der Waals surface area contributed by atoms with Crippen LogP contribution in [0.5, 0.6) is 0 Å². The van der Waals surface area contributed by atoms with Crippen molar-refractivity contribution < 1.29 is 0 Å². The molecular weight excluding hydrogens is 416 g/mol. The maximum Gasteiger partial charge on any atom is 0.140 e. The summed E-state index contributed by atoms with van der Waals surface area (Å²) in [5.41, 5.74) is 1.44. The predicted molar refractivity (Wildman–Crippen MR) is 134 cm³/mol. The van der Waals surface area contributed by atoms with Gasteiger partial charge in [0, 0.05) is 44.1 Å². The third-order valence-corrected chi connectivity index (χ3v) is 7.89. The van der Waals surface area contributed by atoms with Gasteiger partial charge in [0.25, 0.3) is 0 Å². The van der Waals surface area contributed by atoms with Gasteiger partial charge in [-0.25, -0.2) is 9.97 Å². The molecule has 2 aromatic heterocycles. The van der Waals surface area contributed by atoms with E-state index in [0.29, 0.717) is 6.04 Å². The minimum absolute atomic E-state index is 0.433. The van der Waals surface area contributed by atoms with Crippen molar-refractivity contribution in [2.45, 2.75) is 25.3 Å². The lowest BCUT2D eigenvalue weighted by atomic mass is 10.1. The summed E-state index contributed by atoms with van der Waals surface area (Å²) in [7, 11) is 2.25. The first-order chi connectivity index (χ1) is 15.8. The fourth-order valence-electron chi connectivity index (χ4n) is 4.96. The van der Waals surface area contributed by atoms with Gasteiger partial charge in [-0.05, 0) is 51.0 Å². The minimum Gasteiger partial charge on any atom is -0.355 e. The molecule has 32 heavy (non-hydrogen) atoms. The first-order valence-corrected chi connectivity index (χ1v) is 12.8. The molecule has 2 aliphatic heterocycles. The number of anilines is 1. The number of aryl methyl sites for hydroxylation is 1. The van der Waals surface area contributed by atoms with Gasteiger partial charge in [0.2, 0.25) is 0 Å². The van der Waals surface area contributed by atoms with Gasteiger partial charge >= 0.3 is 0 Å². The van der Waals surface area contributed by atoms with Crippen LogP contribution < -0.4 is 10.2 Å². The van der Waals surface area contributed by atoms with Crippen molar-refractivity contribution in [1.29, 1.82) is 0 Å². The molecule has 5 rings (SSSR count). The summed E-state index contributed by atoms with van der Waals surface area (Å²) in [6.07, 6.45) is 5.25. The molecule has 3 aromatic rings. The van der Waals surface area contributed by atoms with Crippen LogP contribution in [-0.4, -0.2) is 79.2 Å². The Balaban J connectivity index is 1.35. The van der Waals surface area contributed by atoms with Gasteiger partial charge in [-0.15, -0.1) is 11.3 Å². The first kappa shape index (κ1) is 21.8. The Hall–Kier alpha value is -2.06. The molecule has 0 radical (unpaired) electrons. The quantitative estimate of drug-likeness (QED) is 0.621. The lowest BCUT2D eigenvalue weighted by Crippen LogP contribution is -2.46. The van der Waals surface area contributed by atoms with Crippen LogP contribution in [-0.2, 0) is 6.42 Å². The number of nitrogens with zero attached hydrogens (tertiary/aromatic N) is 5. The van der Waals surface area contributed by atoms with Crippen LogP contribution >= 0.6 is 11.3 Å². The molecule has 0 bridgehead atoms. The molecule has 2 fully saturated rings. The second-order valence-corrected chi connectivity index (χ2v) is 10.1. The van der Waals surface area contributed by atoms with E-state index in [-0.39, 0.29) is 0 Å². The Labute approximate surface area is 195 Å². The number of benzene rings is 1. The smallest absolute Gasteiger partial charge is 0.140 e. The third-order valence-electron chi connectivity index (χ3n) is 6.74. The first-order valence-electron chi connectivity index (χ1n) is 11.9. The van der Waals surface area contributed by atoms with Gasteiger partial charge < -0.3 is 15.1 Å². The zero-order valence-corrected chi connectivity index (χ0v) is 19.9. The number of rotatable bonds is 6. The summed E-state index contributed by atoms with van der Waals surface area (Å²) in [6, 6.07) is 13.7. The van der Waals surface area contributed by atoms with Crippen LogP contribution in [0.4, 0.5) is 5.82 Å². The van der Waals surface area contributed by atoms with Crippen molar-refractivity contribution in [3.63, 3.8) is 0 Å². The van der Waals surface area contributed by atoms with Crippen LogP contribution in [0.25, 0.3) is 10.2 Å². The Morgan fingerprint density at radius 2 is 1.97 bits per heavy atom. The summed E-state index contributed by atoms with van der Waals surface area (Å²) in [6.45, 7) is 8.65. The largest absolute Gasteiger partial charge is 0.355 e. The van der Waals surface area contributed by atoms with Crippen molar-refractivity contribution in [3.05, 3.63) is 53.2 Å². The highest BCUT2D eigenvalue weighted by Crippen LogP contribution is 2.37. The highest BCUT2D eigenvalue weighted by molar-refractivity contribution is 7.18. The van der Waals surface area contributed by atoms with Crippen LogP contribution in [0.15, 0.2) is 42.7 Å². The maximum atomic E-state index is 4.72. The van der Waals surface area contributed by atoms with E-state index in [1.165, 1.54) is 22.2 Å². The number of hydrogen-bond donors (Lipinski definition) is 1. The number of thiophene rings is 1. The minimum atomic E-state index is 0.433. The number of hydrogen-bond acceptors (Lipinski definition) is 7. The van der Waals surface area contributed by atoms with Gasteiger partial charge in [-0.3, -0.25) is 4.90 Å². The standard InChI is InChI=1S/C25H34N6S/c1-29-15-16-30(12-5-9-20-7-3-2-4-8-20)22(18-29)23-17-21-24(27-19-28-25(21)32-23)31-13-6-10-26-11-14-31/h2-4,7-8,17,19,22,26H,5-6,9-16,18H2,1H3.